The molecule has 0 radical (unpaired) electrons. The van der Waals surface area contributed by atoms with Crippen LogP contribution in [0.25, 0.3) is 0 Å². The van der Waals surface area contributed by atoms with Gasteiger partial charge in [0, 0.05) is 23.0 Å². The van der Waals surface area contributed by atoms with Crippen LogP contribution in [0, 0.1) is 23.7 Å². The Balaban J connectivity index is 1.80. The molecule has 3 heterocycles. The molecule has 3 saturated heterocycles. The summed E-state index contributed by atoms with van der Waals surface area (Å²) in [5.41, 5.74) is 0.591. The molecule has 3 fully saturated rings. The highest BCUT2D eigenvalue weighted by atomic mass is 35.5. The van der Waals surface area contributed by atoms with Crippen LogP contribution in [0.3, 0.4) is 0 Å². The van der Waals surface area contributed by atoms with Crippen molar-refractivity contribution in [3.05, 3.63) is 29.3 Å². The lowest BCUT2D eigenvalue weighted by atomic mass is 9.66. The van der Waals surface area contributed by atoms with Gasteiger partial charge >= 0.3 is 0 Å². The smallest absolute Gasteiger partial charge is 0.248 e. The third kappa shape index (κ3) is 3.65. The first-order valence-electron chi connectivity index (χ1n) is 11.6. The highest BCUT2D eigenvalue weighted by Gasteiger charge is 2.76. The van der Waals surface area contributed by atoms with Crippen molar-refractivity contribution in [2.24, 2.45) is 23.7 Å². The van der Waals surface area contributed by atoms with Gasteiger partial charge in [-0.3, -0.25) is 14.4 Å². The average molecular weight is 494 g/mol. The van der Waals surface area contributed by atoms with E-state index in [2.05, 4.69) is 17.6 Å². The first kappa shape index (κ1) is 24.4. The number of hydrogen-bond donors (Lipinski definition) is 3. The molecular weight excluding hydrogens is 462 g/mol. The quantitative estimate of drug-likeness (QED) is 0.542. The highest BCUT2D eigenvalue weighted by molar-refractivity contribution is 8.02. The highest BCUT2D eigenvalue weighted by Crippen LogP contribution is 2.68. The van der Waals surface area contributed by atoms with E-state index in [0.29, 0.717) is 10.7 Å². The maximum absolute atomic E-state index is 14.0. The van der Waals surface area contributed by atoms with E-state index in [0.717, 1.165) is 12.8 Å². The zero-order valence-corrected chi connectivity index (χ0v) is 20.9. The summed E-state index contributed by atoms with van der Waals surface area (Å²) in [5, 5.41) is 16.6. The van der Waals surface area contributed by atoms with Gasteiger partial charge in [0.1, 0.15) is 6.04 Å². The molecule has 0 aromatic heterocycles. The van der Waals surface area contributed by atoms with Gasteiger partial charge in [-0.15, -0.1) is 11.8 Å². The largest absolute Gasteiger partial charge is 0.394 e. The number of anilines is 1. The van der Waals surface area contributed by atoms with Gasteiger partial charge in [0.2, 0.25) is 17.7 Å². The number of nitrogens with zero attached hydrogens (tertiary/aromatic N) is 1. The van der Waals surface area contributed by atoms with E-state index in [-0.39, 0.29) is 41.4 Å². The minimum atomic E-state index is -0.781. The summed E-state index contributed by atoms with van der Waals surface area (Å²) in [7, 11) is 1.59. The summed E-state index contributed by atoms with van der Waals surface area (Å²) in [6, 6.07) is 5.57. The summed E-state index contributed by atoms with van der Waals surface area (Å²) in [6.07, 6.45) is 1.53. The summed E-state index contributed by atoms with van der Waals surface area (Å²) in [4.78, 5) is 42.4. The van der Waals surface area contributed by atoms with Crippen molar-refractivity contribution in [1.82, 2.24) is 10.2 Å². The van der Waals surface area contributed by atoms with Crippen molar-refractivity contribution in [1.29, 1.82) is 0 Å². The molecule has 3 aliphatic rings. The maximum atomic E-state index is 14.0. The molecule has 8 atom stereocenters. The molecule has 9 heteroatoms. The monoisotopic (exact) mass is 493 g/mol. The second-order valence-corrected chi connectivity index (χ2v) is 11.5. The van der Waals surface area contributed by atoms with Crippen molar-refractivity contribution in [2.45, 2.75) is 55.7 Å². The molecule has 2 bridgehead atoms. The molecule has 3 aliphatic heterocycles. The number of benzene rings is 1. The fourth-order valence-corrected chi connectivity index (χ4v) is 8.68. The molecule has 1 aromatic rings. The fraction of sp³-hybridized carbons (Fsp3) is 0.625. The second kappa shape index (κ2) is 9.12. The molecule has 33 heavy (non-hydrogen) atoms. The molecule has 0 aliphatic carbocycles. The minimum absolute atomic E-state index is 0.00180. The zero-order chi connectivity index (χ0) is 24.1. The lowest BCUT2D eigenvalue weighted by molar-refractivity contribution is -0.143. The van der Waals surface area contributed by atoms with Gasteiger partial charge < -0.3 is 20.6 Å². The van der Waals surface area contributed by atoms with Crippen LogP contribution in [0.4, 0.5) is 5.69 Å². The SMILES string of the molecule is CC[C@H](C)[C@H](CO)N1C(=O)[C@@H]2[C@@H](C(=O)NC)[C@H]3CC(C)C2(S3)C1C(=O)Nc1ccc(Cl)cc1. The number of carbonyl (C=O) groups is 3. The zero-order valence-electron chi connectivity index (χ0n) is 19.4. The van der Waals surface area contributed by atoms with E-state index in [1.165, 1.54) is 0 Å². The van der Waals surface area contributed by atoms with Gasteiger partial charge in [-0.25, -0.2) is 0 Å². The summed E-state index contributed by atoms with van der Waals surface area (Å²) < 4.78 is -0.712. The van der Waals surface area contributed by atoms with Gasteiger partial charge in [0.25, 0.3) is 0 Å². The number of hydrogen-bond acceptors (Lipinski definition) is 5. The summed E-state index contributed by atoms with van der Waals surface area (Å²) in [5.74, 6) is -1.62. The van der Waals surface area contributed by atoms with Crippen LogP contribution in [0.2, 0.25) is 5.02 Å². The van der Waals surface area contributed by atoms with Crippen LogP contribution in [0.5, 0.6) is 0 Å². The van der Waals surface area contributed by atoms with Gasteiger partial charge in [-0.1, -0.05) is 38.8 Å². The molecule has 1 spiro atoms. The number of amides is 3. The number of fused-ring (bicyclic) bond motifs is 1. The molecule has 0 saturated carbocycles. The van der Waals surface area contributed by atoms with Crippen molar-refractivity contribution in [3.63, 3.8) is 0 Å². The van der Waals surface area contributed by atoms with Gasteiger partial charge in [0.05, 0.1) is 29.2 Å². The number of nitrogens with one attached hydrogen (secondary N) is 2. The first-order valence-corrected chi connectivity index (χ1v) is 12.9. The van der Waals surface area contributed by atoms with E-state index in [9.17, 15) is 19.5 Å². The van der Waals surface area contributed by atoms with Crippen LogP contribution in [0.1, 0.15) is 33.6 Å². The van der Waals surface area contributed by atoms with Crippen LogP contribution in [0.15, 0.2) is 24.3 Å². The Labute approximate surface area is 204 Å². The molecule has 1 aromatic carbocycles. The normalized spacial score (nSPS) is 34.2. The van der Waals surface area contributed by atoms with Crippen LogP contribution in [-0.4, -0.2) is 63.5 Å². The topological polar surface area (TPSA) is 98.7 Å². The average Bonchev–Trinajstić information content (AvgIpc) is 3.39. The standard InChI is InChI=1S/C24H32ClN3O4S/c1-5-12(2)16(11-29)28-20(22(31)27-15-8-6-14(25)7-9-15)24-13(3)10-17(33-24)18(21(30)26-4)19(24)23(28)32/h6-9,12-13,16-20,29H,5,10-11H2,1-4H3,(H,26,30)(H,27,31)/t12-,13?,16-,17+,18-,19-,20?,24?/m0/s1. The van der Waals surface area contributed by atoms with Crippen molar-refractivity contribution >= 4 is 46.8 Å². The summed E-state index contributed by atoms with van der Waals surface area (Å²) in [6.45, 7) is 5.84. The third-order valence-corrected chi connectivity index (χ3v) is 10.3. The molecule has 3 unspecified atom stereocenters. The number of thioether (sulfide) groups is 1. The Kier molecular flexibility index (Phi) is 6.73. The molecule has 180 valence electrons. The predicted molar refractivity (Wildman–Crippen MR) is 130 cm³/mol. The van der Waals surface area contributed by atoms with Gasteiger partial charge in [-0.05, 0) is 42.5 Å². The van der Waals surface area contributed by atoms with E-state index >= 15 is 0 Å². The Morgan fingerprint density at radius 1 is 1.30 bits per heavy atom. The molecule has 3 N–H and O–H groups in total. The molecule has 3 amide bonds. The predicted octanol–water partition coefficient (Wildman–Crippen LogP) is 2.77. The number of aliphatic hydroxyl groups is 1. The van der Waals surface area contributed by atoms with Crippen LogP contribution < -0.4 is 10.6 Å². The number of rotatable bonds is 7. The van der Waals surface area contributed by atoms with Crippen LogP contribution >= 0.6 is 23.4 Å². The Bertz CT molecular complexity index is 944. The van der Waals surface area contributed by atoms with Crippen LogP contribution in [-0.2, 0) is 14.4 Å². The number of carbonyl (C=O) groups excluding carboxylic acids is 3. The summed E-state index contributed by atoms with van der Waals surface area (Å²) >= 11 is 7.62. The van der Waals surface area contributed by atoms with Gasteiger partial charge in [0.15, 0.2) is 0 Å². The first-order chi connectivity index (χ1) is 15.7. The molecular formula is C24H32ClN3O4S. The Morgan fingerprint density at radius 2 is 1.97 bits per heavy atom. The number of aliphatic hydroxyl groups excluding tert-OH is 1. The fourth-order valence-electron chi connectivity index (χ4n) is 6.14. The van der Waals surface area contributed by atoms with E-state index in [4.69, 9.17) is 11.6 Å². The van der Waals surface area contributed by atoms with E-state index in [1.54, 1.807) is 48.0 Å². The lowest BCUT2D eigenvalue weighted by Gasteiger charge is -2.41. The van der Waals surface area contributed by atoms with E-state index in [1.807, 2.05) is 13.8 Å². The third-order valence-electron chi connectivity index (χ3n) is 7.94. The Hall–Kier alpha value is -1.77. The van der Waals surface area contributed by atoms with Gasteiger partial charge in [-0.2, -0.15) is 0 Å². The van der Waals surface area contributed by atoms with Crippen molar-refractivity contribution in [2.75, 3.05) is 19.0 Å². The lowest BCUT2D eigenvalue weighted by Crippen LogP contribution is -2.58. The second-order valence-electron chi connectivity index (χ2n) is 9.54. The number of halogens is 1. The maximum Gasteiger partial charge on any atom is 0.248 e. The number of likely N-dealkylation sites (tertiary alicyclic amines) is 1. The minimum Gasteiger partial charge on any atom is -0.394 e. The molecule has 4 rings (SSSR count). The van der Waals surface area contributed by atoms with Crippen molar-refractivity contribution < 1.29 is 19.5 Å². The Morgan fingerprint density at radius 3 is 2.55 bits per heavy atom. The molecule has 7 nitrogen and oxygen atoms in total. The van der Waals surface area contributed by atoms with Crippen molar-refractivity contribution in [3.8, 4) is 0 Å². The van der Waals surface area contributed by atoms with E-state index < -0.39 is 28.7 Å².